The van der Waals surface area contributed by atoms with Gasteiger partial charge in [0.2, 0.25) is 0 Å². The molecule has 1 aromatic carbocycles. The number of hydrogen-bond acceptors (Lipinski definition) is 7. The van der Waals surface area contributed by atoms with Gasteiger partial charge in [-0.1, -0.05) is 37.4 Å². The predicted molar refractivity (Wildman–Crippen MR) is 154 cm³/mol. The summed E-state index contributed by atoms with van der Waals surface area (Å²) in [5.74, 6) is 0.156. The molecular formula is C29H42N6O6. The van der Waals surface area contributed by atoms with E-state index in [4.69, 9.17) is 9.26 Å². The average Bonchev–Trinajstić information content (AvgIpc) is 3.27. The molecule has 0 saturated heterocycles. The lowest BCUT2D eigenvalue weighted by molar-refractivity contribution is 0.0368. The second-order valence-corrected chi connectivity index (χ2v) is 11.2. The van der Waals surface area contributed by atoms with Crippen LogP contribution in [0.2, 0.25) is 0 Å². The summed E-state index contributed by atoms with van der Waals surface area (Å²) >= 11 is 0. The topological polar surface area (TPSA) is 149 Å². The SMILES string of the molecule is Cc1noc(C)c1NC(=O)Nc1cccc2c1O[C@@H](CN(C)C(=O)NC1CCCCC1)[C@H](C)CN([C@H](C)CO)C2=O. The van der Waals surface area contributed by atoms with Gasteiger partial charge in [0.15, 0.2) is 11.5 Å². The van der Waals surface area contributed by atoms with E-state index in [1.54, 1.807) is 55.8 Å². The standard InChI is InChI=1S/C29H42N6O6/c1-17-14-35(18(2)16-36)27(37)22-12-9-13-23(31-28(38)32-25-19(3)33-41-20(25)4)26(22)40-24(17)15-34(5)29(39)30-21-10-7-6-8-11-21/h9,12-13,17-18,21,24,36H,6-8,10-11,14-16H2,1-5H3,(H,30,39)(H2,31,32,38)/t17-,18-,24+/m1/s1. The van der Waals surface area contributed by atoms with Crippen molar-refractivity contribution in [3.05, 3.63) is 35.2 Å². The first-order valence-corrected chi connectivity index (χ1v) is 14.3. The summed E-state index contributed by atoms with van der Waals surface area (Å²) in [5.41, 5.74) is 1.54. The van der Waals surface area contributed by atoms with Crippen LogP contribution in [0.1, 0.15) is 67.8 Å². The number of ether oxygens (including phenoxy) is 1. The van der Waals surface area contributed by atoms with Gasteiger partial charge in [0.25, 0.3) is 5.91 Å². The van der Waals surface area contributed by atoms with Crippen molar-refractivity contribution in [1.82, 2.24) is 20.3 Å². The molecule has 12 nitrogen and oxygen atoms in total. The van der Waals surface area contributed by atoms with Gasteiger partial charge in [0.1, 0.15) is 17.5 Å². The Bertz CT molecular complexity index is 1220. The molecule has 1 aromatic heterocycles. The zero-order valence-electron chi connectivity index (χ0n) is 24.5. The third-order valence-corrected chi connectivity index (χ3v) is 7.94. The van der Waals surface area contributed by atoms with Crippen LogP contribution in [0, 0.1) is 19.8 Å². The number of amides is 5. The summed E-state index contributed by atoms with van der Waals surface area (Å²) in [6.07, 6.45) is 4.87. The zero-order chi connectivity index (χ0) is 29.7. The van der Waals surface area contributed by atoms with Gasteiger partial charge in [-0.2, -0.15) is 0 Å². The highest BCUT2D eigenvalue weighted by Gasteiger charge is 2.35. The Morgan fingerprint density at radius 3 is 2.59 bits per heavy atom. The minimum absolute atomic E-state index is 0.167. The number of hydrogen-bond donors (Lipinski definition) is 4. The van der Waals surface area contributed by atoms with Crippen LogP contribution in [-0.4, -0.2) is 83.0 Å². The van der Waals surface area contributed by atoms with Crippen molar-refractivity contribution in [2.24, 2.45) is 5.92 Å². The van der Waals surface area contributed by atoms with Gasteiger partial charge in [0, 0.05) is 25.6 Å². The second-order valence-electron chi connectivity index (χ2n) is 11.2. The smallest absolute Gasteiger partial charge is 0.323 e. The molecule has 3 atom stereocenters. The molecule has 12 heteroatoms. The van der Waals surface area contributed by atoms with Gasteiger partial charge in [0.05, 0.1) is 30.4 Å². The van der Waals surface area contributed by atoms with E-state index in [2.05, 4.69) is 21.1 Å². The number of urea groups is 2. The number of aliphatic hydroxyl groups excluding tert-OH is 1. The Balaban J connectivity index is 1.60. The Morgan fingerprint density at radius 1 is 1.20 bits per heavy atom. The summed E-state index contributed by atoms with van der Waals surface area (Å²) in [5, 5.41) is 22.5. The first-order valence-electron chi connectivity index (χ1n) is 14.3. The zero-order valence-corrected chi connectivity index (χ0v) is 24.5. The number of aliphatic hydroxyl groups is 1. The van der Waals surface area contributed by atoms with E-state index in [9.17, 15) is 19.5 Å². The molecule has 1 aliphatic heterocycles. The van der Waals surface area contributed by atoms with E-state index in [1.165, 1.54) is 6.42 Å². The lowest BCUT2D eigenvalue weighted by Gasteiger charge is -2.38. The van der Waals surface area contributed by atoms with Crippen LogP contribution < -0.4 is 20.7 Å². The van der Waals surface area contributed by atoms with E-state index in [1.807, 2.05) is 6.92 Å². The number of nitrogens with one attached hydrogen (secondary N) is 3. The summed E-state index contributed by atoms with van der Waals surface area (Å²) in [7, 11) is 1.73. The fourth-order valence-corrected chi connectivity index (χ4v) is 5.37. The van der Waals surface area contributed by atoms with Crippen molar-refractivity contribution in [3.8, 4) is 5.75 Å². The molecule has 5 amide bonds. The van der Waals surface area contributed by atoms with Gasteiger partial charge >= 0.3 is 12.1 Å². The molecule has 1 saturated carbocycles. The van der Waals surface area contributed by atoms with E-state index >= 15 is 0 Å². The van der Waals surface area contributed by atoms with Gasteiger partial charge in [-0.25, -0.2) is 9.59 Å². The van der Waals surface area contributed by atoms with Crippen molar-refractivity contribution in [3.63, 3.8) is 0 Å². The molecule has 2 heterocycles. The van der Waals surface area contributed by atoms with Gasteiger partial charge in [-0.15, -0.1) is 0 Å². The number of likely N-dealkylation sites (N-methyl/N-ethyl adjacent to an activating group) is 1. The number of carbonyl (C=O) groups is 3. The van der Waals surface area contributed by atoms with Crippen LogP contribution in [0.3, 0.4) is 0 Å². The van der Waals surface area contributed by atoms with Crippen molar-refractivity contribution < 1.29 is 28.8 Å². The molecule has 0 unspecified atom stereocenters. The number of carbonyl (C=O) groups excluding carboxylic acids is 3. The van der Waals surface area contributed by atoms with Crippen molar-refractivity contribution in [1.29, 1.82) is 0 Å². The van der Waals surface area contributed by atoms with E-state index in [-0.39, 0.29) is 48.4 Å². The van der Waals surface area contributed by atoms with Gasteiger partial charge in [-0.3, -0.25) is 4.79 Å². The molecule has 0 bridgehead atoms. The van der Waals surface area contributed by atoms with Crippen molar-refractivity contribution in [2.45, 2.75) is 78.0 Å². The highest BCUT2D eigenvalue weighted by atomic mass is 16.5. The van der Waals surface area contributed by atoms with Crippen molar-refractivity contribution >= 4 is 29.3 Å². The third-order valence-electron chi connectivity index (χ3n) is 7.94. The van der Waals surface area contributed by atoms with Crippen LogP contribution in [0.15, 0.2) is 22.7 Å². The number of anilines is 2. The lowest BCUT2D eigenvalue weighted by atomic mass is 9.96. The number of aryl methyl sites for hydroxylation is 2. The summed E-state index contributed by atoms with van der Waals surface area (Å²) in [6.45, 7) is 7.52. The minimum Gasteiger partial charge on any atom is -0.485 e. The van der Waals surface area contributed by atoms with E-state index in [0.29, 0.717) is 29.4 Å². The first kappa shape index (κ1) is 30.2. The fraction of sp³-hybridized carbons (Fsp3) is 0.586. The molecule has 41 heavy (non-hydrogen) atoms. The summed E-state index contributed by atoms with van der Waals surface area (Å²) < 4.78 is 11.6. The first-order chi connectivity index (χ1) is 19.6. The lowest BCUT2D eigenvalue weighted by Crippen LogP contribution is -2.52. The number of benzene rings is 1. The van der Waals surface area contributed by atoms with E-state index in [0.717, 1.165) is 25.7 Å². The maximum atomic E-state index is 13.7. The number of fused-ring (bicyclic) bond motifs is 1. The Morgan fingerprint density at radius 2 is 1.93 bits per heavy atom. The third kappa shape index (κ3) is 7.10. The van der Waals surface area contributed by atoms with E-state index < -0.39 is 18.2 Å². The van der Waals surface area contributed by atoms with Crippen LogP contribution in [0.4, 0.5) is 21.0 Å². The quantitative estimate of drug-likeness (QED) is 0.391. The monoisotopic (exact) mass is 570 g/mol. The molecular weight excluding hydrogens is 528 g/mol. The number of para-hydroxylation sites is 1. The maximum Gasteiger partial charge on any atom is 0.323 e. The largest absolute Gasteiger partial charge is 0.485 e. The average molecular weight is 571 g/mol. The van der Waals surface area contributed by atoms with Crippen LogP contribution in [0.25, 0.3) is 0 Å². The maximum absolute atomic E-state index is 13.7. The molecule has 4 N–H and O–H groups in total. The molecule has 2 aromatic rings. The number of aromatic nitrogens is 1. The number of rotatable bonds is 7. The highest BCUT2D eigenvalue weighted by Crippen LogP contribution is 2.35. The summed E-state index contributed by atoms with van der Waals surface area (Å²) in [6, 6.07) is 3.96. The number of nitrogens with zero attached hydrogens (tertiary/aromatic N) is 3. The molecule has 0 spiro atoms. The Hall–Kier alpha value is -3.80. The molecule has 2 aliphatic rings. The van der Waals surface area contributed by atoms with Crippen LogP contribution >= 0.6 is 0 Å². The summed E-state index contributed by atoms with van der Waals surface area (Å²) in [4.78, 5) is 43.0. The molecule has 0 radical (unpaired) electrons. The minimum atomic E-state index is -0.555. The predicted octanol–water partition coefficient (Wildman–Crippen LogP) is 4.13. The van der Waals surface area contributed by atoms with Crippen LogP contribution in [0.5, 0.6) is 5.75 Å². The molecule has 1 fully saturated rings. The highest BCUT2D eigenvalue weighted by molar-refractivity contribution is 6.04. The fourth-order valence-electron chi connectivity index (χ4n) is 5.37. The molecule has 224 valence electrons. The Labute approximate surface area is 240 Å². The van der Waals surface area contributed by atoms with Gasteiger partial charge in [-0.05, 0) is 45.7 Å². The van der Waals surface area contributed by atoms with Crippen molar-refractivity contribution in [2.75, 3.05) is 37.4 Å². The Kier molecular flexibility index (Phi) is 9.74. The molecule has 1 aliphatic carbocycles. The van der Waals surface area contributed by atoms with Gasteiger partial charge < -0.3 is 40.1 Å². The normalized spacial score (nSPS) is 20.2. The van der Waals surface area contributed by atoms with Crippen LogP contribution in [-0.2, 0) is 0 Å². The molecule has 4 rings (SSSR count). The second kappa shape index (κ2) is 13.2.